The smallest absolute Gasteiger partial charge is 0.259 e. The van der Waals surface area contributed by atoms with Gasteiger partial charge >= 0.3 is 0 Å². The van der Waals surface area contributed by atoms with Crippen molar-refractivity contribution < 1.29 is 9.53 Å². The van der Waals surface area contributed by atoms with Crippen LogP contribution in [0.25, 0.3) is 11.4 Å². The third kappa shape index (κ3) is 5.54. The fourth-order valence-electron chi connectivity index (χ4n) is 6.11. The van der Waals surface area contributed by atoms with Crippen LogP contribution in [0.1, 0.15) is 84.7 Å². The van der Waals surface area contributed by atoms with Gasteiger partial charge in [-0.05, 0) is 94.5 Å². The van der Waals surface area contributed by atoms with Crippen LogP contribution in [-0.4, -0.2) is 61.9 Å². The van der Waals surface area contributed by atoms with Crippen LogP contribution < -0.4 is 5.32 Å². The fraction of sp³-hybridized carbons (Fsp3) is 0.484. The van der Waals surface area contributed by atoms with Gasteiger partial charge in [-0.15, -0.1) is 0 Å². The molecule has 0 radical (unpaired) electrons. The lowest BCUT2D eigenvalue weighted by atomic mass is 9.90. The topological polar surface area (TPSA) is 85.2 Å². The quantitative estimate of drug-likeness (QED) is 0.460. The first-order chi connectivity index (χ1) is 18.9. The molecule has 0 bridgehead atoms. The van der Waals surface area contributed by atoms with Gasteiger partial charge in [-0.2, -0.15) is 5.10 Å². The van der Waals surface area contributed by atoms with E-state index in [0.717, 1.165) is 55.1 Å². The Morgan fingerprint density at radius 1 is 1.03 bits per heavy atom. The average molecular weight is 527 g/mol. The molecule has 2 fully saturated rings. The molecule has 0 spiro atoms. The van der Waals surface area contributed by atoms with Crippen molar-refractivity contribution in [1.29, 1.82) is 0 Å². The Morgan fingerprint density at radius 3 is 2.46 bits per heavy atom. The predicted molar refractivity (Wildman–Crippen MR) is 152 cm³/mol. The first-order valence-electron chi connectivity index (χ1n) is 14.2. The molecule has 3 aliphatic rings. The van der Waals surface area contributed by atoms with Gasteiger partial charge in [0.2, 0.25) is 0 Å². The molecule has 3 atom stereocenters. The van der Waals surface area contributed by atoms with Gasteiger partial charge in [-0.3, -0.25) is 14.7 Å². The summed E-state index contributed by atoms with van der Waals surface area (Å²) in [5.74, 6) is 1.18. The summed E-state index contributed by atoms with van der Waals surface area (Å²) in [4.78, 5) is 25.1. The van der Waals surface area contributed by atoms with Crippen molar-refractivity contribution in [2.24, 2.45) is 0 Å². The van der Waals surface area contributed by atoms with Crippen LogP contribution in [0, 0.1) is 13.8 Å². The van der Waals surface area contributed by atoms with Crippen LogP contribution in [-0.2, 0) is 4.74 Å². The van der Waals surface area contributed by atoms with E-state index in [1.54, 1.807) is 17.1 Å². The maximum absolute atomic E-state index is 13.1. The van der Waals surface area contributed by atoms with E-state index in [2.05, 4.69) is 53.2 Å². The first kappa shape index (κ1) is 25.9. The minimum Gasteiger partial charge on any atom is -0.373 e. The molecule has 0 aromatic carbocycles. The van der Waals surface area contributed by atoms with Crippen molar-refractivity contribution in [3.8, 4) is 5.82 Å². The van der Waals surface area contributed by atoms with E-state index >= 15 is 0 Å². The average Bonchev–Trinajstić information content (AvgIpc) is 3.70. The Labute approximate surface area is 230 Å². The normalized spacial score (nSPS) is 23.9. The fourth-order valence-corrected chi connectivity index (χ4v) is 6.11. The zero-order valence-electron chi connectivity index (χ0n) is 23.4. The van der Waals surface area contributed by atoms with E-state index in [9.17, 15) is 4.79 Å². The molecular weight excluding hydrogens is 488 g/mol. The number of nitrogens with zero attached hydrogens (tertiary/aromatic N) is 5. The lowest BCUT2D eigenvalue weighted by molar-refractivity contribution is -0.0810. The van der Waals surface area contributed by atoms with E-state index in [1.807, 2.05) is 25.3 Å². The molecule has 39 heavy (non-hydrogen) atoms. The third-order valence-electron chi connectivity index (χ3n) is 8.28. The Kier molecular flexibility index (Phi) is 7.08. The van der Waals surface area contributed by atoms with Gasteiger partial charge < -0.3 is 10.1 Å². The second-order valence-electron chi connectivity index (χ2n) is 11.5. The van der Waals surface area contributed by atoms with Crippen LogP contribution in [0.5, 0.6) is 0 Å². The number of anilines is 1. The molecule has 1 saturated carbocycles. The summed E-state index contributed by atoms with van der Waals surface area (Å²) in [5, 5.41) is 7.45. The van der Waals surface area contributed by atoms with Gasteiger partial charge in [-0.1, -0.05) is 12.1 Å². The van der Waals surface area contributed by atoms with Crippen molar-refractivity contribution in [3.63, 3.8) is 0 Å². The molecule has 2 aliphatic carbocycles. The molecule has 3 aromatic heterocycles. The molecule has 3 aromatic rings. The molecule has 1 N–H and O–H groups in total. The van der Waals surface area contributed by atoms with Crippen LogP contribution in [0.4, 0.5) is 5.69 Å². The van der Waals surface area contributed by atoms with E-state index in [-0.39, 0.29) is 5.91 Å². The van der Waals surface area contributed by atoms with Crippen molar-refractivity contribution >= 4 is 17.2 Å². The molecule has 204 valence electrons. The van der Waals surface area contributed by atoms with Crippen LogP contribution in [0.3, 0.4) is 0 Å². The number of pyridine rings is 2. The van der Waals surface area contributed by atoms with Gasteiger partial charge in [0.05, 0.1) is 47.2 Å². The molecule has 1 unspecified atom stereocenters. The first-order valence-corrected chi connectivity index (χ1v) is 14.2. The molecule has 6 rings (SSSR count). The van der Waals surface area contributed by atoms with Crippen molar-refractivity contribution in [2.45, 2.75) is 84.0 Å². The lowest BCUT2D eigenvalue weighted by Crippen LogP contribution is -2.50. The van der Waals surface area contributed by atoms with Crippen molar-refractivity contribution in [3.05, 3.63) is 70.9 Å². The number of hydrogen-bond donors (Lipinski definition) is 1. The second-order valence-corrected chi connectivity index (χ2v) is 11.5. The highest BCUT2D eigenvalue weighted by atomic mass is 16.5. The maximum Gasteiger partial charge on any atom is 0.259 e. The number of ether oxygens (including phenoxy) is 1. The molecule has 1 aliphatic heterocycles. The highest BCUT2D eigenvalue weighted by molar-refractivity contribution is 6.05. The number of carbonyl (C=O) groups is 1. The van der Waals surface area contributed by atoms with Crippen LogP contribution >= 0.6 is 0 Å². The van der Waals surface area contributed by atoms with Gasteiger partial charge in [0.25, 0.3) is 5.91 Å². The van der Waals surface area contributed by atoms with E-state index in [1.165, 1.54) is 24.0 Å². The summed E-state index contributed by atoms with van der Waals surface area (Å²) in [7, 11) is 0. The number of hydrogen-bond acceptors (Lipinski definition) is 6. The van der Waals surface area contributed by atoms with Gasteiger partial charge in [-0.25, -0.2) is 9.67 Å². The molecule has 8 heteroatoms. The number of allylic oxidation sites excluding steroid dienone is 1. The standard InChI is InChI=1S/C31H38N6O2/c1-19-13-26(15-33-30(19)24-7-10-27(11-8-24)36-17-20(2)39-21(3)18-36)35-31(38)28-16-34-37(22(28)4)29-12-9-25(14-32-29)23-5-6-23/h7,9,12-16,20-21,23,27H,5-6,8,10-11,17-18H2,1-4H3,(H,35,38)/t20-,21+,27?. The number of amides is 1. The van der Waals surface area contributed by atoms with Crippen molar-refractivity contribution in [2.75, 3.05) is 18.4 Å². The zero-order chi connectivity index (χ0) is 27.1. The number of aryl methyl sites for hydroxylation is 1. The lowest BCUT2D eigenvalue weighted by Gasteiger charge is -2.41. The van der Waals surface area contributed by atoms with E-state index in [0.29, 0.717) is 35.4 Å². The van der Waals surface area contributed by atoms with Crippen LogP contribution in [0.2, 0.25) is 0 Å². The Bertz CT molecular complexity index is 1380. The minimum absolute atomic E-state index is 0.198. The van der Waals surface area contributed by atoms with Gasteiger partial charge in [0.15, 0.2) is 5.82 Å². The Hall–Kier alpha value is -3.36. The number of nitrogens with one attached hydrogen (secondary N) is 1. The van der Waals surface area contributed by atoms with E-state index in [4.69, 9.17) is 9.72 Å². The second kappa shape index (κ2) is 10.7. The van der Waals surface area contributed by atoms with Crippen LogP contribution in [0.15, 0.2) is 42.9 Å². The monoisotopic (exact) mass is 526 g/mol. The highest BCUT2D eigenvalue weighted by Crippen LogP contribution is 2.39. The van der Waals surface area contributed by atoms with Gasteiger partial charge in [0, 0.05) is 25.3 Å². The highest BCUT2D eigenvalue weighted by Gasteiger charge is 2.29. The third-order valence-corrected chi connectivity index (χ3v) is 8.28. The number of morpholine rings is 1. The number of carbonyl (C=O) groups excluding carboxylic acids is 1. The van der Waals surface area contributed by atoms with Gasteiger partial charge in [0.1, 0.15) is 0 Å². The molecular formula is C31H38N6O2. The summed E-state index contributed by atoms with van der Waals surface area (Å²) in [6.45, 7) is 10.3. The molecule has 1 amide bonds. The van der Waals surface area contributed by atoms with Crippen molar-refractivity contribution in [1.82, 2.24) is 24.6 Å². The zero-order valence-corrected chi connectivity index (χ0v) is 23.4. The minimum atomic E-state index is -0.198. The molecule has 1 saturated heterocycles. The summed E-state index contributed by atoms with van der Waals surface area (Å²) in [6, 6.07) is 6.67. The predicted octanol–water partition coefficient (Wildman–Crippen LogP) is 5.45. The summed E-state index contributed by atoms with van der Waals surface area (Å²) in [6.07, 6.45) is 13.9. The summed E-state index contributed by atoms with van der Waals surface area (Å²) >= 11 is 0. The molecule has 4 heterocycles. The number of rotatable bonds is 6. The summed E-state index contributed by atoms with van der Waals surface area (Å²) < 4.78 is 7.64. The maximum atomic E-state index is 13.1. The molecule has 8 nitrogen and oxygen atoms in total. The summed E-state index contributed by atoms with van der Waals surface area (Å²) in [5.41, 5.74) is 6.64. The SMILES string of the molecule is Cc1cc(NC(=O)c2cnn(-c3ccc(C4CC4)cn3)c2C)cnc1C1=CCC(N2C[C@@H](C)O[C@@H](C)C2)CC1. The Balaban J connectivity index is 1.11. The number of aromatic nitrogens is 4. The van der Waals surface area contributed by atoms with E-state index < -0.39 is 0 Å². The Morgan fingerprint density at radius 2 is 1.82 bits per heavy atom. The largest absolute Gasteiger partial charge is 0.373 e.